The quantitative estimate of drug-likeness (QED) is 0.641. The first-order chi connectivity index (χ1) is 13.9. The normalized spacial score (nSPS) is 13.3. The van der Waals surface area contributed by atoms with Crippen LogP contribution in [0.2, 0.25) is 0 Å². The summed E-state index contributed by atoms with van der Waals surface area (Å²) in [5.41, 5.74) is 1.79. The summed E-state index contributed by atoms with van der Waals surface area (Å²) in [7, 11) is 5.48. The Labute approximate surface area is 171 Å². The Morgan fingerprint density at radius 1 is 1.03 bits per heavy atom. The van der Waals surface area contributed by atoms with Crippen LogP contribution in [0, 0.1) is 5.82 Å². The van der Waals surface area contributed by atoms with Gasteiger partial charge in [0, 0.05) is 6.54 Å². The summed E-state index contributed by atoms with van der Waals surface area (Å²) < 4.78 is 18.9. The van der Waals surface area contributed by atoms with Crippen LogP contribution in [0.5, 0.6) is 5.75 Å². The van der Waals surface area contributed by atoms with Gasteiger partial charge in [0.15, 0.2) is 0 Å². The zero-order valence-corrected chi connectivity index (χ0v) is 17.3. The number of nitrogens with one attached hydrogen (secondary N) is 1. The molecule has 1 unspecified atom stereocenters. The molecule has 0 heterocycles. The lowest BCUT2D eigenvalue weighted by Gasteiger charge is -2.26. The minimum absolute atomic E-state index is 0.0545. The number of halogens is 1. The van der Waals surface area contributed by atoms with Gasteiger partial charge in [-0.15, -0.1) is 0 Å². The van der Waals surface area contributed by atoms with Gasteiger partial charge in [0.1, 0.15) is 11.6 Å². The van der Waals surface area contributed by atoms with E-state index >= 15 is 0 Å². The summed E-state index contributed by atoms with van der Waals surface area (Å²) in [4.78, 5) is 14.8. The molecule has 0 spiro atoms. The molecule has 0 bridgehead atoms. The number of fused-ring (bicyclic) bond motifs is 1. The van der Waals surface area contributed by atoms with Crippen LogP contribution in [-0.2, 0) is 4.79 Å². The lowest BCUT2D eigenvalue weighted by molar-refractivity contribution is -0.122. The van der Waals surface area contributed by atoms with Crippen molar-refractivity contribution in [2.45, 2.75) is 18.9 Å². The van der Waals surface area contributed by atoms with E-state index in [0.29, 0.717) is 6.54 Å². The number of carbonyl (C=O) groups excluding carboxylic acids is 1. The molecule has 1 N–H and O–H groups in total. The average molecular weight is 394 g/mol. The first kappa shape index (κ1) is 20.8. The van der Waals surface area contributed by atoms with Crippen molar-refractivity contribution >= 4 is 16.7 Å². The first-order valence-electron chi connectivity index (χ1n) is 9.66. The van der Waals surface area contributed by atoms with Crippen LogP contribution in [0.25, 0.3) is 10.8 Å². The van der Waals surface area contributed by atoms with Crippen LogP contribution in [0.3, 0.4) is 0 Å². The number of ether oxygens (including phenoxy) is 1. The predicted molar refractivity (Wildman–Crippen MR) is 115 cm³/mol. The number of methoxy groups -OCH3 is 1. The molecule has 3 aromatic rings. The molecule has 0 aliphatic heterocycles. The second-order valence-electron chi connectivity index (χ2n) is 7.47. The number of hydrogen-bond acceptors (Lipinski definition) is 3. The lowest BCUT2D eigenvalue weighted by Crippen LogP contribution is -2.36. The SMILES string of the molecule is COc1ccc2cc([C@H](C)C(=O)NCC(c3cccc(F)c3)N(C)C)ccc2c1. The standard InChI is InChI=1S/C24H27FN2O2/c1-16(17-8-9-19-14-22(29-4)11-10-18(19)12-17)24(28)26-15-23(27(2)3)20-6-5-7-21(25)13-20/h5-14,16,23H,15H2,1-4H3,(H,26,28)/t16-,23?/m0/s1. The van der Waals surface area contributed by atoms with Crippen LogP contribution in [-0.4, -0.2) is 38.6 Å². The Kier molecular flexibility index (Phi) is 6.49. The van der Waals surface area contributed by atoms with Crippen molar-refractivity contribution < 1.29 is 13.9 Å². The Balaban J connectivity index is 1.71. The fraction of sp³-hybridized carbons (Fsp3) is 0.292. The van der Waals surface area contributed by atoms with E-state index in [-0.39, 0.29) is 23.7 Å². The summed E-state index contributed by atoms with van der Waals surface area (Å²) in [5.74, 6) is 0.183. The van der Waals surface area contributed by atoms with Crippen LogP contribution in [0.4, 0.5) is 4.39 Å². The van der Waals surface area contributed by atoms with Crippen LogP contribution in [0.1, 0.15) is 30.0 Å². The zero-order valence-electron chi connectivity index (χ0n) is 17.3. The number of benzene rings is 3. The molecule has 2 atom stereocenters. The van der Waals surface area contributed by atoms with Gasteiger partial charge in [-0.1, -0.05) is 36.4 Å². The summed E-state index contributed by atoms with van der Waals surface area (Å²) >= 11 is 0. The molecule has 4 nitrogen and oxygen atoms in total. The molecule has 29 heavy (non-hydrogen) atoms. The fourth-order valence-corrected chi connectivity index (χ4v) is 3.45. The average Bonchev–Trinajstić information content (AvgIpc) is 2.72. The summed E-state index contributed by atoms with van der Waals surface area (Å²) in [6.45, 7) is 2.30. The van der Waals surface area contributed by atoms with E-state index in [0.717, 1.165) is 27.6 Å². The minimum atomic E-state index is -0.295. The highest BCUT2D eigenvalue weighted by atomic mass is 19.1. The van der Waals surface area contributed by atoms with Gasteiger partial charge < -0.3 is 15.0 Å². The second-order valence-corrected chi connectivity index (χ2v) is 7.47. The van der Waals surface area contributed by atoms with Crippen molar-refractivity contribution in [3.05, 3.63) is 77.6 Å². The monoisotopic (exact) mass is 394 g/mol. The summed E-state index contributed by atoms with van der Waals surface area (Å²) in [6.07, 6.45) is 0. The number of rotatable bonds is 7. The maximum Gasteiger partial charge on any atom is 0.227 e. The molecule has 0 saturated heterocycles. The molecule has 0 aliphatic rings. The Hall–Kier alpha value is -2.92. The van der Waals surface area contributed by atoms with Crippen LogP contribution < -0.4 is 10.1 Å². The van der Waals surface area contributed by atoms with Gasteiger partial charge in [-0.05, 0) is 67.2 Å². The number of carbonyl (C=O) groups is 1. The lowest BCUT2D eigenvalue weighted by atomic mass is 9.96. The van der Waals surface area contributed by atoms with E-state index in [2.05, 4.69) is 5.32 Å². The molecule has 3 aromatic carbocycles. The molecule has 0 saturated carbocycles. The zero-order chi connectivity index (χ0) is 21.0. The second kappa shape index (κ2) is 9.05. The highest BCUT2D eigenvalue weighted by Crippen LogP contribution is 2.25. The van der Waals surface area contributed by atoms with Crippen molar-refractivity contribution in [2.24, 2.45) is 0 Å². The number of likely N-dealkylation sites (N-methyl/N-ethyl adjacent to an activating group) is 1. The van der Waals surface area contributed by atoms with Crippen LogP contribution in [0.15, 0.2) is 60.7 Å². The van der Waals surface area contributed by atoms with E-state index < -0.39 is 0 Å². The Morgan fingerprint density at radius 2 is 1.76 bits per heavy atom. The maximum atomic E-state index is 13.6. The third-order valence-electron chi connectivity index (χ3n) is 5.29. The molecule has 0 fully saturated rings. The van der Waals surface area contributed by atoms with Gasteiger partial charge in [0.25, 0.3) is 0 Å². The maximum absolute atomic E-state index is 13.6. The Morgan fingerprint density at radius 3 is 2.45 bits per heavy atom. The number of hydrogen-bond donors (Lipinski definition) is 1. The summed E-state index contributed by atoms with van der Waals surface area (Å²) in [6, 6.07) is 18.3. The molecule has 3 rings (SSSR count). The highest BCUT2D eigenvalue weighted by Gasteiger charge is 2.20. The number of nitrogens with zero attached hydrogens (tertiary/aromatic N) is 1. The predicted octanol–water partition coefficient (Wildman–Crippen LogP) is 4.51. The minimum Gasteiger partial charge on any atom is -0.497 e. The van der Waals surface area contributed by atoms with Crippen molar-refractivity contribution in [3.8, 4) is 5.75 Å². The van der Waals surface area contributed by atoms with Crippen molar-refractivity contribution in [1.82, 2.24) is 10.2 Å². The fourth-order valence-electron chi connectivity index (χ4n) is 3.45. The highest BCUT2D eigenvalue weighted by molar-refractivity contribution is 5.88. The molecular weight excluding hydrogens is 367 g/mol. The van der Waals surface area contributed by atoms with Crippen molar-refractivity contribution in [1.29, 1.82) is 0 Å². The van der Waals surface area contributed by atoms with Gasteiger partial charge in [-0.2, -0.15) is 0 Å². The largest absolute Gasteiger partial charge is 0.497 e. The van der Waals surface area contributed by atoms with Crippen molar-refractivity contribution in [2.75, 3.05) is 27.7 Å². The van der Waals surface area contributed by atoms with Gasteiger partial charge in [-0.25, -0.2) is 4.39 Å². The molecule has 0 radical (unpaired) electrons. The van der Waals surface area contributed by atoms with Gasteiger partial charge in [-0.3, -0.25) is 4.79 Å². The number of amides is 1. The van der Waals surface area contributed by atoms with Gasteiger partial charge in [0.2, 0.25) is 5.91 Å². The molecule has 0 aromatic heterocycles. The third kappa shape index (κ3) is 4.93. The van der Waals surface area contributed by atoms with Crippen LogP contribution >= 0.6 is 0 Å². The molecule has 5 heteroatoms. The van der Waals surface area contributed by atoms with E-state index in [1.165, 1.54) is 12.1 Å². The van der Waals surface area contributed by atoms with E-state index in [9.17, 15) is 9.18 Å². The third-order valence-corrected chi connectivity index (χ3v) is 5.29. The first-order valence-corrected chi connectivity index (χ1v) is 9.66. The van der Waals surface area contributed by atoms with Crippen molar-refractivity contribution in [3.63, 3.8) is 0 Å². The topological polar surface area (TPSA) is 41.6 Å². The summed E-state index contributed by atoms with van der Waals surface area (Å²) in [5, 5.41) is 5.16. The van der Waals surface area contributed by atoms with Gasteiger partial charge in [0.05, 0.1) is 19.1 Å². The van der Waals surface area contributed by atoms with Gasteiger partial charge >= 0.3 is 0 Å². The van der Waals surface area contributed by atoms with E-state index in [1.54, 1.807) is 13.2 Å². The molecular formula is C24H27FN2O2. The van der Waals surface area contributed by atoms with E-state index in [4.69, 9.17) is 4.74 Å². The molecule has 1 amide bonds. The van der Waals surface area contributed by atoms with E-state index in [1.807, 2.05) is 68.4 Å². The Bertz CT molecular complexity index is 1000. The molecule has 0 aliphatic carbocycles. The molecule has 152 valence electrons. The smallest absolute Gasteiger partial charge is 0.227 e.